The molecule has 6 aromatic carbocycles. The van der Waals surface area contributed by atoms with Gasteiger partial charge in [-0.15, -0.1) is 5.53 Å². The molecular weight excluding hydrogens is 575 g/mol. The highest BCUT2D eigenvalue weighted by Gasteiger charge is 2.29. The van der Waals surface area contributed by atoms with E-state index < -0.39 is 0 Å². The van der Waals surface area contributed by atoms with Gasteiger partial charge in [0.05, 0.1) is 39.8 Å². The van der Waals surface area contributed by atoms with Crippen molar-refractivity contribution in [2.45, 2.75) is 9.79 Å². The zero-order valence-corrected chi connectivity index (χ0v) is 24.9. The van der Waals surface area contributed by atoms with Crippen molar-refractivity contribution in [3.8, 4) is 11.5 Å². The van der Waals surface area contributed by atoms with Gasteiger partial charge in [-0.25, -0.2) is 0 Å². The Bertz CT molecular complexity index is 2020. The molecule has 0 aromatic heterocycles. The van der Waals surface area contributed by atoms with Gasteiger partial charge in [-0.1, -0.05) is 84.6 Å². The molecule has 45 heavy (non-hydrogen) atoms. The Morgan fingerprint density at radius 2 is 0.978 bits per heavy atom. The van der Waals surface area contributed by atoms with Crippen molar-refractivity contribution in [3.63, 3.8) is 0 Å². The highest BCUT2D eigenvalue weighted by atomic mass is 32.2. The quantitative estimate of drug-likeness (QED) is 0.208. The van der Waals surface area contributed by atoms with Crippen LogP contribution < -0.4 is 30.5 Å². The Hall–Kier alpha value is -5.63. The van der Waals surface area contributed by atoms with E-state index in [2.05, 4.69) is 141 Å². The number of nitrogens with zero attached hydrogens (tertiary/aromatic N) is 3. The van der Waals surface area contributed by atoms with Crippen molar-refractivity contribution < 1.29 is 4.74 Å². The van der Waals surface area contributed by atoms with Gasteiger partial charge in [-0.2, -0.15) is 0 Å². The van der Waals surface area contributed by atoms with Crippen molar-refractivity contribution in [1.82, 2.24) is 11.0 Å². The van der Waals surface area contributed by atoms with Gasteiger partial charge in [0.15, 0.2) is 11.5 Å². The molecule has 2 N–H and O–H groups in total. The van der Waals surface area contributed by atoms with Crippen molar-refractivity contribution >= 4 is 57.3 Å². The topological polar surface area (TPSA) is 43.0 Å². The van der Waals surface area contributed by atoms with E-state index >= 15 is 0 Å². The van der Waals surface area contributed by atoms with Gasteiger partial charge in [0, 0.05) is 27.2 Å². The Morgan fingerprint density at radius 3 is 1.60 bits per heavy atom. The average Bonchev–Trinajstić information content (AvgIpc) is 3.60. The van der Waals surface area contributed by atoms with Gasteiger partial charge in [0.1, 0.15) is 0 Å². The van der Waals surface area contributed by atoms with E-state index in [1.807, 2.05) is 48.2 Å². The van der Waals surface area contributed by atoms with Crippen molar-refractivity contribution in [2.24, 2.45) is 0 Å². The molecule has 3 aliphatic rings. The predicted molar refractivity (Wildman–Crippen MR) is 183 cm³/mol. The maximum absolute atomic E-state index is 6.20. The number of hydrogen-bond acceptors (Lipinski definition) is 7. The van der Waals surface area contributed by atoms with Crippen LogP contribution in [0.5, 0.6) is 11.5 Å². The molecule has 0 atom stereocenters. The lowest BCUT2D eigenvalue weighted by molar-refractivity contribution is 0.477. The first-order valence-corrected chi connectivity index (χ1v) is 15.7. The van der Waals surface area contributed by atoms with E-state index in [1.54, 1.807) is 0 Å². The van der Waals surface area contributed by atoms with Crippen LogP contribution in [0.15, 0.2) is 162 Å². The number of nitrogens with one attached hydrogen (secondary N) is 2. The van der Waals surface area contributed by atoms with E-state index in [9.17, 15) is 0 Å². The summed E-state index contributed by atoms with van der Waals surface area (Å²) in [4.78, 5) is 7.08. The Morgan fingerprint density at radius 1 is 0.467 bits per heavy atom. The summed E-state index contributed by atoms with van der Waals surface area (Å²) in [5.41, 5.74) is 16.4. The first kappa shape index (κ1) is 25.8. The molecule has 0 bridgehead atoms. The lowest BCUT2D eigenvalue weighted by Gasteiger charge is -2.35. The molecule has 3 heterocycles. The van der Waals surface area contributed by atoms with Crippen LogP contribution in [-0.2, 0) is 0 Å². The van der Waals surface area contributed by atoms with Crippen LogP contribution in [0.2, 0.25) is 0 Å². The van der Waals surface area contributed by atoms with Gasteiger partial charge >= 0.3 is 0 Å². The smallest absolute Gasteiger partial charge is 0.151 e. The van der Waals surface area contributed by atoms with Gasteiger partial charge in [0.25, 0.3) is 0 Å². The van der Waals surface area contributed by atoms with Crippen molar-refractivity contribution in [2.75, 3.05) is 14.8 Å². The summed E-state index contributed by atoms with van der Waals surface area (Å²) in [6, 6.07) is 50.6. The highest BCUT2D eigenvalue weighted by Crippen LogP contribution is 2.53. The fourth-order valence-corrected chi connectivity index (χ4v) is 7.24. The summed E-state index contributed by atoms with van der Waals surface area (Å²) >= 11 is 1.82. The normalized spacial score (nSPS) is 14.4. The van der Waals surface area contributed by atoms with Gasteiger partial charge in [-0.3, -0.25) is 5.01 Å². The molecular formula is C38H27N5OS. The number of ether oxygens (including phenoxy) is 1. The average molecular weight is 602 g/mol. The molecule has 0 fully saturated rings. The number of rotatable bonds is 4. The summed E-state index contributed by atoms with van der Waals surface area (Å²) in [5.74, 6) is 1.69. The summed E-state index contributed by atoms with van der Waals surface area (Å²) in [6.45, 7) is 0. The minimum Gasteiger partial charge on any atom is -0.453 e. The fourth-order valence-electron chi connectivity index (χ4n) is 6.18. The molecule has 6 aromatic rings. The molecule has 0 saturated heterocycles. The SMILES string of the molecule is C1=C(c2ccc(N3c4ccccc4Oc4ccccc43)cc2)NNN1c1ccccc1N1c2ccccc2Sc2ccccc21. The fraction of sp³-hybridized carbons (Fsp3) is 0. The number of hydrogen-bond donors (Lipinski definition) is 2. The molecule has 9 rings (SSSR count). The highest BCUT2D eigenvalue weighted by molar-refractivity contribution is 7.99. The zero-order valence-electron chi connectivity index (χ0n) is 24.1. The second-order valence-corrected chi connectivity index (χ2v) is 12.0. The molecule has 0 amide bonds. The molecule has 0 spiro atoms. The monoisotopic (exact) mass is 601 g/mol. The Labute approximate surface area is 265 Å². The molecule has 3 aliphatic heterocycles. The van der Waals surface area contributed by atoms with Crippen LogP contribution in [-0.4, -0.2) is 0 Å². The van der Waals surface area contributed by atoms with Gasteiger partial charge in [-0.05, 0) is 72.8 Å². The number of para-hydroxylation sites is 8. The first-order valence-electron chi connectivity index (χ1n) is 14.9. The van der Waals surface area contributed by atoms with Gasteiger partial charge in [0.2, 0.25) is 0 Å². The number of anilines is 7. The second kappa shape index (κ2) is 10.5. The van der Waals surface area contributed by atoms with Crippen LogP contribution in [0.3, 0.4) is 0 Å². The predicted octanol–water partition coefficient (Wildman–Crippen LogP) is 10.0. The van der Waals surface area contributed by atoms with Crippen molar-refractivity contribution in [3.05, 3.63) is 157 Å². The maximum atomic E-state index is 6.20. The van der Waals surface area contributed by atoms with Crippen LogP contribution in [0, 0.1) is 0 Å². The van der Waals surface area contributed by atoms with Crippen LogP contribution in [0.1, 0.15) is 5.56 Å². The van der Waals surface area contributed by atoms with Crippen molar-refractivity contribution in [1.29, 1.82) is 0 Å². The van der Waals surface area contributed by atoms with Crippen LogP contribution in [0.25, 0.3) is 5.70 Å². The molecule has 0 aliphatic carbocycles. The summed E-state index contributed by atoms with van der Waals surface area (Å²) < 4.78 is 6.20. The van der Waals surface area contributed by atoms with Gasteiger partial charge < -0.3 is 20.0 Å². The van der Waals surface area contributed by atoms with E-state index in [0.717, 1.165) is 51.2 Å². The third-order valence-electron chi connectivity index (χ3n) is 8.25. The second-order valence-electron chi connectivity index (χ2n) is 10.9. The largest absolute Gasteiger partial charge is 0.453 e. The van der Waals surface area contributed by atoms with E-state index in [1.165, 1.54) is 21.2 Å². The molecule has 0 radical (unpaired) electrons. The third kappa shape index (κ3) is 4.32. The number of fused-ring (bicyclic) bond motifs is 4. The molecule has 216 valence electrons. The standard InChI is InChI=1S/C38H27N5OS/c1-2-12-30(43-33-15-5-9-19-37(33)45-38-20-10-6-16-34(38)43)29(11-1)41-25-28(39-40-41)26-21-23-27(24-22-26)42-31-13-3-7-17-35(31)44-36-18-8-4-14-32(36)42/h1-25,39-40H. The molecule has 7 heteroatoms. The number of benzene rings is 6. The van der Waals surface area contributed by atoms with Crippen LogP contribution in [0.4, 0.5) is 39.8 Å². The summed E-state index contributed by atoms with van der Waals surface area (Å²) in [5, 5.41) is 2.06. The zero-order chi connectivity index (χ0) is 29.7. The third-order valence-corrected chi connectivity index (χ3v) is 9.38. The van der Waals surface area contributed by atoms with E-state index in [-0.39, 0.29) is 0 Å². The van der Waals surface area contributed by atoms with E-state index in [0.29, 0.717) is 0 Å². The lowest BCUT2D eigenvalue weighted by atomic mass is 10.1. The maximum Gasteiger partial charge on any atom is 0.151 e. The first-order chi connectivity index (χ1) is 22.3. The molecule has 0 unspecified atom stereocenters. The number of hydrazine groups is 2. The molecule has 6 nitrogen and oxygen atoms in total. The lowest BCUT2D eigenvalue weighted by Crippen LogP contribution is -2.37. The Balaban J connectivity index is 1.06. The molecule has 0 saturated carbocycles. The summed E-state index contributed by atoms with van der Waals surface area (Å²) in [6.07, 6.45) is 2.11. The minimum absolute atomic E-state index is 0.844. The minimum atomic E-state index is 0.844. The van der Waals surface area contributed by atoms with E-state index in [4.69, 9.17) is 4.74 Å². The summed E-state index contributed by atoms with van der Waals surface area (Å²) in [7, 11) is 0. The Kier molecular flexibility index (Phi) is 6.04. The van der Waals surface area contributed by atoms with Crippen LogP contribution >= 0.6 is 11.8 Å².